The Labute approximate surface area is 133 Å². The molecule has 0 spiro atoms. The Morgan fingerprint density at radius 1 is 1.30 bits per heavy atom. The fraction of sp³-hybridized carbons (Fsp3) is 0.562. The molecule has 1 aromatic rings. The topological polar surface area (TPSA) is 59.3 Å². The van der Waals surface area contributed by atoms with Crippen LogP contribution in [0.5, 0.6) is 0 Å². The maximum atomic E-state index is 13.0. The predicted octanol–water partition coefficient (Wildman–Crippen LogP) is 2.69. The highest BCUT2D eigenvalue weighted by Gasteiger charge is 2.33. The summed E-state index contributed by atoms with van der Waals surface area (Å²) in [6.45, 7) is 2.90. The van der Waals surface area contributed by atoms with E-state index in [0.717, 1.165) is 32.0 Å². The normalized spacial score (nSPS) is 17.0. The fourth-order valence-corrected chi connectivity index (χ4v) is 2.82. The largest absolute Gasteiger partial charge is 0.418 e. The Balaban J connectivity index is 1.99. The molecule has 2 rings (SSSR count). The van der Waals surface area contributed by atoms with Crippen molar-refractivity contribution in [1.29, 1.82) is 5.26 Å². The molecule has 1 saturated heterocycles. The number of halogens is 3. The number of rotatable bonds is 5. The van der Waals surface area contributed by atoms with Gasteiger partial charge in [-0.3, -0.25) is 0 Å². The molecule has 1 aromatic carbocycles. The van der Waals surface area contributed by atoms with Gasteiger partial charge >= 0.3 is 6.18 Å². The maximum Gasteiger partial charge on any atom is 0.418 e. The number of alkyl halides is 3. The molecular weight excluding hydrogens is 307 g/mol. The van der Waals surface area contributed by atoms with Crippen LogP contribution >= 0.6 is 0 Å². The Kier molecular flexibility index (Phi) is 5.85. The molecule has 0 amide bonds. The molecule has 23 heavy (non-hydrogen) atoms. The molecule has 0 aromatic heterocycles. The number of anilines is 1. The van der Waals surface area contributed by atoms with Crippen molar-refractivity contribution in [1.82, 2.24) is 4.90 Å². The second kappa shape index (κ2) is 7.66. The van der Waals surface area contributed by atoms with Gasteiger partial charge in [0.1, 0.15) is 0 Å². The van der Waals surface area contributed by atoms with E-state index in [1.54, 1.807) is 0 Å². The molecule has 0 aliphatic carbocycles. The summed E-state index contributed by atoms with van der Waals surface area (Å²) in [7, 11) is 0. The average Bonchev–Trinajstić information content (AvgIpc) is 2.53. The molecule has 7 heteroatoms. The number of nitriles is 1. The molecule has 2 N–H and O–H groups in total. The molecule has 0 bridgehead atoms. The lowest BCUT2D eigenvalue weighted by atomic mass is 9.96. The van der Waals surface area contributed by atoms with Crippen molar-refractivity contribution >= 4 is 5.69 Å². The molecule has 0 saturated carbocycles. The monoisotopic (exact) mass is 327 g/mol. The summed E-state index contributed by atoms with van der Waals surface area (Å²) in [6.07, 6.45) is -2.68. The smallest absolute Gasteiger partial charge is 0.395 e. The van der Waals surface area contributed by atoms with Crippen LogP contribution < -0.4 is 5.32 Å². The first-order valence-corrected chi connectivity index (χ1v) is 7.62. The van der Waals surface area contributed by atoms with Gasteiger partial charge < -0.3 is 15.3 Å². The van der Waals surface area contributed by atoms with Crippen LogP contribution in [-0.4, -0.2) is 42.8 Å². The number of nitrogens with zero attached hydrogens (tertiary/aromatic N) is 2. The molecule has 1 heterocycles. The lowest BCUT2D eigenvalue weighted by Crippen LogP contribution is -2.37. The van der Waals surface area contributed by atoms with Crippen LogP contribution in [0.15, 0.2) is 18.2 Å². The Hall–Kier alpha value is -1.78. The van der Waals surface area contributed by atoms with Crippen LogP contribution in [0.1, 0.15) is 24.0 Å². The van der Waals surface area contributed by atoms with E-state index in [2.05, 4.69) is 10.2 Å². The summed E-state index contributed by atoms with van der Waals surface area (Å²) in [5.41, 5.74) is -0.568. The van der Waals surface area contributed by atoms with Crippen LogP contribution in [0.25, 0.3) is 0 Å². The SMILES string of the molecule is N#Cc1ccc(C(F)(F)F)c(NCC2CCN(CCO)CC2)c1. The lowest BCUT2D eigenvalue weighted by Gasteiger charge is -2.31. The summed E-state index contributed by atoms with van der Waals surface area (Å²) in [5.74, 6) is 0.289. The van der Waals surface area contributed by atoms with Gasteiger partial charge in [-0.05, 0) is 50.0 Å². The maximum absolute atomic E-state index is 13.0. The molecule has 1 aliphatic heterocycles. The minimum absolute atomic E-state index is 0.0330. The third-order valence-electron chi connectivity index (χ3n) is 4.16. The summed E-state index contributed by atoms with van der Waals surface area (Å²) in [6, 6.07) is 5.25. The molecule has 126 valence electrons. The van der Waals surface area contributed by atoms with Gasteiger partial charge in [0, 0.05) is 18.8 Å². The average molecular weight is 327 g/mol. The first-order valence-electron chi connectivity index (χ1n) is 7.62. The first kappa shape index (κ1) is 17.6. The van der Waals surface area contributed by atoms with E-state index in [9.17, 15) is 13.2 Å². The summed E-state index contributed by atoms with van der Waals surface area (Å²) >= 11 is 0. The highest BCUT2D eigenvalue weighted by atomic mass is 19.4. The number of likely N-dealkylation sites (tertiary alicyclic amines) is 1. The van der Waals surface area contributed by atoms with Gasteiger partial charge in [0.2, 0.25) is 0 Å². The van der Waals surface area contributed by atoms with Crippen molar-refractivity contribution < 1.29 is 18.3 Å². The molecule has 1 aliphatic rings. The molecule has 0 atom stereocenters. The summed E-state index contributed by atoms with van der Waals surface area (Å²) in [5, 5.41) is 20.6. The van der Waals surface area contributed by atoms with Gasteiger partial charge in [-0.25, -0.2) is 0 Å². The van der Waals surface area contributed by atoms with Gasteiger partial charge in [0.15, 0.2) is 0 Å². The number of hydrogen-bond acceptors (Lipinski definition) is 4. The summed E-state index contributed by atoms with van der Waals surface area (Å²) in [4.78, 5) is 2.15. The molecule has 0 unspecified atom stereocenters. The number of benzene rings is 1. The van der Waals surface area contributed by atoms with Crippen LogP contribution in [0, 0.1) is 17.2 Å². The van der Waals surface area contributed by atoms with E-state index in [1.165, 1.54) is 12.1 Å². The van der Waals surface area contributed by atoms with E-state index < -0.39 is 11.7 Å². The van der Waals surface area contributed by atoms with E-state index in [-0.39, 0.29) is 23.8 Å². The minimum Gasteiger partial charge on any atom is -0.395 e. The molecular formula is C16H20F3N3O. The zero-order valence-corrected chi connectivity index (χ0v) is 12.7. The van der Waals surface area contributed by atoms with Crippen molar-refractivity contribution in [2.24, 2.45) is 5.92 Å². The third kappa shape index (κ3) is 4.85. The van der Waals surface area contributed by atoms with Gasteiger partial charge in [0.05, 0.1) is 23.8 Å². The van der Waals surface area contributed by atoms with E-state index in [0.29, 0.717) is 13.1 Å². The van der Waals surface area contributed by atoms with Crippen molar-refractivity contribution in [3.8, 4) is 6.07 Å². The van der Waals surface area contributed by atoms with Crippen LogP contribution in [0.3, 0.4) is 0 Å². The number of aliphatic hydroxyl groups excluding tert-OH is 1. The number of aliphatic hydroxyl groups is 1. The van der Waals surface area contributed by atoms with Gasteiger partial charge in [-0.2, -0.15) is 18.4 Å². The van der Waals surface area contributed by atoms with Crippen LogP contribution in [-0.2, 0) is 6.18 Å². The number of nitrogens with one attached hydrogen (secondary N) is 1. The Morgan fingerprint density at radius 2 is 2.00 bits per heavy atom. The number of hydrogen-bond donors (Lipinski definition) is 2. The fourth-order valence-electron chi connectivity index (χ4n) is 2.82. The molecule has 0 radical (unpaired) electrons. The first-order chi connectivity index (χ1) is 10.9. The predicted molar refractivity (Wildman–Crippen MR) is 80.9 cm³/mol. The quantitative estimate of drug-likeness (QED) is 0.873. The Morgan fingerprint density at radius 3 is 2.57 bits per heavy atom. The van der Waals surface area contributed by atoms with Crippen molar-refractivity contribution in [2.75, 3.05) is 38.1 Å². The highest BCUT2D eigenvalue weighted by molar-refractivity contribution is 5.57. The van der Waals surface area contributed by atoms with E-state index in [1.807, 2.05) is 6.07 Å². The molecule has 1 fully saturated rings. The second-order valence-electron chi connectivity index (χ2n) is 5.76. The van der Waals surface area contributed by atoms with Crippen molar-refractivity contribution in [2.45, 2.75) is 19.0 Å². The van der Waals surface area contributed by atoms with E-state index >= 15 is 0 Å². The lowest BCUT2D eigenvalue weighted by molar-refractivity contribution is -0.137. The summed E-state index contributed by atoms with van der Waals surface area (Å²) < 4.78 is 39.1. The number of β-amino-alcohol motifs (C(OH)–C–C–N with tert-alkyl or cyclic N) is 1. The highest BCUT2D eigenvalue weighted by Crippen LogP contribution is 2.35. The van der Waals surface area contributed by atoms with Crippen molar-refractivity contribution in [3.63, 3.8) is 0 Å². The van der Waals surface area contributed by atoms with Crippen LogP contribution in [0.4, 0.5) is 18.9 Å². The number of piperidine rings is 1. The third-order valence-corrected chi connectivity index (χ3v) is 4.16. The van der Waals surface area contributed by atoms with E-state index in [4.69, 9.17) is 10.4 Å². The minimum atomic E-state index is -4.44. The van der Waals surface area contributed by atoms with Gasteiger partial charge in [0.25, 0.3) is 0 Å². The van der Waals surface area contributed by atoms with Crippen LogP contribution in [0.2, 0.25) is 0 Å². The standard InChI is InChI=1S/C16H20F3N3O/c17-16(18,19)14-2-1-13(10-20)9-15(14)21-11-12-3-5-22(6-4-12)7-8-23/h1-2,9,12,21,23H,3-8,11H2. The van der Waals surface area contributed by atoms with Gasteiger partial charge in [-0.1, -0.05) is 0 Å². The van der Waals surface area contributed by atoms with Gasteiger partial charge in [-0.15, -0.1) is 0 Å². The zero-order valence-electron chi connectivity index (χ0n) is 12.7. The van der Waals surface area contributed by atoms with Crippen molar-refractivity contribution in [3.05, 3.63) is 29.3 Å². The second-order valence-corrected chi connectivity index (χ2v) is 5.76. The Bertz CT molecular complexity index is 561. The molecule has 4 nitrogen and oxygen atoms in total. The zero-order chi connectivity index (χ0) is 16.9.